The lowest BCUT2D eigenvalue weighted by atomic mass is 9.76. The lowest BCUT2D eigenvalue weighted by Crippen LogP contribution is -2.62. The van der Waals surface area contributed by atoms with E-state index in [0.717, 1.165) is 5.56 Å². The van der Waals surface area contributed by atoms with Crippen molar-refractivity contribution in [2.45, 2.75) is 93.3 Å². The molecular formula is C29H49N3O4. The van der Waals surface area contributed by atoms with Crippen molar-refractivity contribution in [3.63, 3.8) is 0 Å². The van der Waals surface area contributed by atoms with E-state index < -0.39 is 34.9 Å². The van der Waals surface area contributed by atoms with Crippen molar-refractivity contribution in [2.24, 2.45) is 11.3 Å². The van der Waals surface area contributed by atoms with Crippen LogP contribution in [0.3, 0.4) is 0 Å². The van der Waals surface area contributed by atoms with E-state index in [1.165, 1.54) is 6.92 Å². The number of hydrogen-bond donors (Lipinski definition) is 3. The number of nitrogens with zero attached hydrogens (tertiary/aromatic N) is 1. The highest BCUT2D eigenvalue weighted by atomic mass is 16.4. The molecule has 0 aliphatic rings. The van der Waals surface area contributed by atoms with Gasteiger partial charge in [-0.15, -0.1) is 0 Å². The van der Waals surface area contributed by atoms with Crippen LogP contribution in [0.5, 0.6) is 0 Å². The molecule has 1 rings (SSSR count). The molecule has 3 N–H and O–H groups in total. The fourth-order valence-electron chi connectivity index (χ4n) is 4.22. The van der Waals surface area contributed by atoms with E-state index in [2.05, 4.69) is 10.6 Å². The van der Waals surface area contributed by atoms with E-state index in [1.807, 2.05) is 85.7 Å². The minimum atomic E-state index is -1.02. The standard InChI is InChI=1S/C28H45N3O4.CH4/c1-11-29-22(28(8,9)20-15-13-12-14-16-20)24(32)30-23(27(5,6)7)25(33)31(10)21(18(2)3)17-19(4)26(34)35;/h12-18,21-23,29H,11H2,1-10H3,(H,30,32)(H,34,35);1H4/b19-17+;/t21-,22-,23-;/m1./s1. The third kappa shape index (κ3) is 8.47. The van der Waals surface area contributed by atoms with Gasteiger partial charge in [0.2, 0.25) is 11.8 Å². The first-order valence-corrected chi connectivity index (χ1v) is 12.3. The van der Waals surface area contributed by atoms with Gasteiger partial charge in [-0.25, -0.2) is 4.79 Å². The third-order valence-electron chi connectivity index (χ3n) is 6.55. The van der Waals surface area contributed by atoms with Crippen LogP contribution in [0, 0.1) is 11.3 Å². The van der Waals surface area contributed by atoms with Crippen LogP contribution < -0.4 is 10.6 Å². The predicted octanol–water partition coefficient (Wildman–Crippen LogP) is 4.62. The molecule has 0 unspecified atom stereocenters. The van der Waals surface area contributed by atoms with Crippen molar-refractivity contribution in [3.8, 4) is 0 Å². The Morgan fingerprint density at radius 3 is 1.97 bits per heavy atom. The Balaban J connectivity index is 0.0000122. The lowest BCUT2D eigenvalue weighted by molar-refractivity contribution is -0.141. The molecule has 1 aromatic rings. The number of carbonyl (C=O) groups excluding carboxylic acids is 2. The number of likely N-dealkylation sites (N-methyl/N-ethyl adjacent to an activating group) is 2. The molecule has 1 aromatic carbocycles. The van der Waals surface area contributed by atoms with Gasteiger partial charge in [-0.3, -0.25) is 9.59 Å². The molecule has 2 amide bonds. The molecule has 0 bridgehead atoms. The van der Waals surface area contributed by atoms with E-state index in [9.17, 15) is 19.5 Å². The summed E-state index contributed by atoms with van der Waals surface area (Å²) in [7, 11) is 1.67. The summed E-state index contributed by atoms with van der Waals surface area (Å²) >= 11 is 0. The largest absolute Gasteiger partial charge is 0.478 e. The third-order valence-corrected chi connectivity index (χ3v) is 6.55. The van der Waals surface area contributed by atoms with Crippen molar-refractivity contribution in [2.75, 3.05) is 13.6 Å². The van der Waals surface area contributed by atoms with Crippen molar-refractivity contribution >= 4 is 17.8 Å². The lowest BCUT2D eigenvalue weighted by Gasteiger charge is -2.40. The molecule has 0 aromatic heterocycles. The van der Waals surface area contributed by atoms with Gasteiger partial charge >= 0.3 is 5.97 Å². The first-order valence-electron chi connectivity index (χ1n) is 12.3. The van der Waals surface area contributed by atoms with Crippen molar-refractivity contribution < 1.29 is 19.5 Å². The monoisotopic (exact) mass is 503 g/mol. The summed E-state index contributed by atoms with van der Waals surface area (Å²) in [6, 6.07) is 8.06. The molecule has 0 spiro atoms. The number of nitrogens with one attached hydrogen (secondary N) is 2. The van der Waals surface area contributed by atoms with Gasteiger partial charge in [0, 0.05) is 18.0 Å². The number of hydrogen-bond acceptors (Lipinski definition) is 4. The average molecular weight is 504 g/mol. The number of aliphatic carboxylic acids is 1. The predicted molar refractivity (Wildman–Crippen MR) is 148 cm³/mol. The Kier molecular flexibility index (Phi) is 12.6. The molecule has 0 heterocycles. The molecule has 3 atom stereocenters. The second kappa shape index (κ2) is 13.6. The Labute approximate surface area is 218 Å². The van der Waals surface area contributed by atoms with Gasteiger partial charge in [0.15, 0.2) is 0 Å². The SMILES string of the molecule is C.CCN[C@H](C(=O)N[C@H](C(=O)N(C)[C@H](/C=C(\C)C(=O)O)C(C)C)C(C)(C)C)C(C)(C)c1ccccc1. The van der Waals surface area contributed by atoms with Gasteiger partial charge in [0.25, 0.3) is 0 Å². The summed E-state index contributed by atoms with van der Waals surface area (Å²) in [5.41, 5.74) is 0.102. The molecule has 0 radical (unpaired) electrons. The quantitative estimate of drug-likeness (QED) is 0.383. The molecule has 0 aliphatic heterocycles. The summed E-state index contributed by atoms with van der Waals surface area (Å²) in [5, 5.41) is 15.7. The first kappa shape index (κ1) is 33.3. The summed E-state index contributed by atoms with van der Waals surface area (Å²) in [4.78, 5) is 40.4. The molecule has 0 fully saturated rings. The Morgan fingerprint density at radius 2 is 1.56 bits per heavy atom. The fraction of sp³-hybridized carbons (Fsp3) is 0.621. The molecular weight excluding hydrogens is 454 g/mol. The molecule has 7 nitrogen and oxygen atoms in total. The van der Waals surface area contributed by atoms with Gasteiger partial charge in [0.05, 0.1) is 12.1 Å². The summed E-state index contributed by atoms with van der Waals surface area (Å²) < 4.78 is 0. The van der Waals surface area contributed by atoms with Crippen molar-refractivity contribution in [3.05, 3.63) is 47.5 Å². The number of carboxylic acids is 1. The van der Waals surface area contributed by atoms with Gasteiger partial charge < -0.3 is 20.6 Å². The van der Waals surface area contributed by atoms with Crippen molar-refractivity contribution in [1.29, 1.82) is 0 Å². The molecule has 36 heavy (non-hydrogen) atoms. The molecule has 0 saturated heterocycles. The topological polar surface area (TPSA) is 98.7 Å². The maximum Gasteiger partial charge on any atom is 0.331 e. The van der Waals surface area contributed by atoms with Crippen LogP contribution in [0.1, 0.15) is 75.3 Å². The minimum Gasteiger partial charge on any atom is -0.478 e. The van der Waals surface area contributed by atoms with Gasteiger partial charge in [-0.2, -0.15) is 0 Å². The van der Waals surface area contributed by atoms with Crippen LogP contribution in [0.4, 0.5) is 0 Å². The highest BCUT2D eigenvalue weighted by Gasteiger charge is 2.41. The Bertz CT molecular complexity index is 901. The van der Waals surface area contributed by atoms with E-state index in [-0.39, 0.29) is 30.7 Å². The highest BCUT2D eigenvalue weighted by molar-refractivity contribution is 5.91. The first-order chi connectivity index (χ1) is 16.0. The van der Waals surface area contributed by atoms with Crippen molar-refractivity contribution in [1.82, 2.24) is 15.5 Å². The normalized spacial score (nSPS) is 14.9. The number of carboxylic acid groups (broad SMARTS) is 1. The van der Waals surface area contributed by atoms with Gasteiger partial charge in [-0.1, -0.05) is 99.2 Å². The number of benzene rings is 1. The van der Waals surface area contributed by atoms with Crippen LogP contribution in [0.2, 0.25) is 0 Å². The average Bonchev–Trinajstić information content (AvgIpc) is 2.77. The number of rotatable bonds is 11. The Morgan fingerprint density at radius 1 is 1.03 bits per heavy atom. The molecule has 0 saturated carbocycles. The second-order valence-electron chi connectivity index (χ2n) is 11.2. The number of carbonyl (C=O) groups is 3. The van der Waals surface area contributed by atoms with Gasteiger partial charge in [0.1, 0.15) is 6.04 Å². The van der Waals surface area contributed by atoms with E-state index in [4.69, 9.17) is 0 Å². The Hall–Kier alpha value is -2.67. The summed E-state index contributed by atoms with van der Waals surface area (Å²) in [6.45, 7) is 17.7. The summed E-state index contributed by atoms with van der Waals surface area (Å²) in [6.07, 6.45) is 1.60. The second-order valence-corrected chi connectivity index (χ2v) is 11.2. The fourth-order valence-corrected chi connectivity index (χ4v) is 4.22. The van der Waals surface area contributed by atoms with Crippen LogP contribution >= 0.6 is 0 Å². The van der Waals surface area contributed by atoms with E-state index >= 15 is 0 Å². The van der Waals surface area contributed by atoms with Crippen LogP contribution in [0.25, 0.3) is 0 Å². The van der Waals surface area contributed by atoms with Crippen LogP contribution in [-0.2, 0) is 19.8 Å². The highest BCUT2D eigenvalue weighted by Crippen LogP contribution is 2.29. The molecule has 7 heteroatoms. The molecule has 204 valence electrons. The number of amides is 2. The zero-order valence-electron chi connectivity index (χ0n) is 23.1. The van der Waals surface area contributed by atoms with E-state index in [0.29, 0.717) is 6.54 Å². The maximum absolute atomic E-state index is 13.7. The summed E-state index contributed by atoms with van der Waals surface area (Å²) in [5.74, 6) is -1.54. The zero-order chi connectivity index (χ0) is 27.1. The molecule has 0 aliphatic carbocycles. The van der Waals surface area contributed by atoms with Gasteiger partial charge in [-0.05, 0) is 30.4 Å². The zero-order valence-corrected chi connectivity index (χ0v) is 23.1. The van der Waals surface area contributed by atoms with Crippen LogP contribution in [0.15, 0.2) is 42.0 Å². The minimum absolute atomic E-state index is 0. The van der Waals surface area contributed by atoms with Crippen LogP contribution in [-0.4, -0.2) is 59.5 Å². The van der Waals surface area contributed by atoms with E-state index in [1.54, 1.807) is 18.0 Å². The smallest absolute Gasteiger partial charge is 0.331 e. The maximum atomic E-state index is 13.7.